The van der Waals surface area contributed by atoms with E-state index in [1.807, 2.05) is 0 Å². The molecule has 0 radical (unpaired) electrons. The molecule has 1 aromatic heterocycles. The second-order valence-corrected chi connectivity index (χ2v) is 3.50. The largest absolute Gasteiger partial charge is 0.286 e. The van der Waals surface area contributed by atoms with Crippen LogP contribution in [-0.2, 0) is 6.42 Å². The molecule has 1 saturated carbocycles. The van der Waals surface area contributed by atoms with Gasteiger partial charge in [-0.3, -0.25) is 10.2 Å². The SMILES string of the molecule is S=c1nc(CC2CCC2)[nH][nH]1. The molecule has 0 unspecified atom stereocenters. The van der Waals surface area contributed by atoms with E-state index in [2.05, 4.69) is 15.2 Å². The summed E-state index contributed by atoms with van der Waals surface area (Å²) in [6, 6.07) is 0. The van der Waals surface area contributed by atoms with Gasteiger partial charge >= 0.3 is 0 Å². The number of nitrogens with zero attached hydrogens (tertiary/aromatic N) is 1. The monoisotopic (exact) mass is 169 g/mol. The molecule has 60 valence electrons. The highest BCUT2D eigenvalue weighted by atomic mass is 32.1. The summed E-state index contributed by atoms with van der Waals surface area (Å²) in [5.74, 6) is 1.86. The second-order valence-electron chi connectivity index (χ2n) is 3.11. The molecule has 0 amide bonds. The lowest BCUT2D eigenvalue weighted by atomic mass is 9.83. The van der Waals surface area contributed by atoms with Gasteiger partial charge in [0.25, 0.3) is 0 Å². The first kappa shape index (κ1) is 7.03. The summed E-state index contributed by atoms with van der Waals surface area (Å²) in [5.41, 5.74) is 0. The first-order valence-electron chi connectivity index (χ1n) is 3.98. The van der Waals surface area contributed by atoms with Crippen molar-refractivity contribution in [3.05, 3.63) is 10.6 Å². The average Bonchev–Trinajstić information content (AvgIpc) is 2.27. The quantitative estimate of drug-likeness (QED) is 0.663. The Hall–Kier alpha value is -0.640. The highest BCUT2D eigenvalue weighted by molar-refractivity contribution is 7.71. The lowest BCUT2D eigenvalue weighted by Crippen LogP contribution is -2.14. The Morgan fingerprint density at radius 1 is 1.45 bits per heavy atom. The van der Waals surface area contributed by atoms with Crippen molar-refractivity contribution < 1.29 is 0 Å². The van der Waals surface area contributed by atoms with Gasteiger partial charge in [-0.15, -0.1) is 0 Å². The van der Waals surface area contributed by atoms with Crippen molar-refractivity contribution in [2.24, 2.45) is 5.92 Å². The number of hydrogen-bond acceptors (Lipinski definition) is 2. The van der Waals surface area contributed by atoms with Gasteiger partial charge in [0.2, 0.25) is 4.77 Å². The highest BCUT2D eigenvalue weighted by Gasteiger charge is 2.18. The molecule has 0 aromatic carbocycles. The standard InChI is InChI=1S/C7H11N3S/c11-7-8-6(9-10-7)4-5-2-1-3-5/h5H,1-4H2,(H2,8,9,10,11). The zero-order valence-electron chi connectivity index (χ0n) is 6.26. The van der Waals surface area contributed by atoms with E-state index in [4.69, 9.17) is 12.2 Å². The zero-order valence-corrected chi connectivity index (χ0v) is 7.08. The van der Waals surface area contributed by atoms with Gasteiger partial charge in [-0.05, 0) is 18.1 Å². The molecule has 0 bridgehead atoms. The van der Waals surface area contributed by atoms with Crippen LogP contribution in [0.15, 0.2) is 0 Å². The minimum absolute atomic E-state index is 0.569. The summed E-state index contributed by atoms with van der Waals surface area (Å²) in [6.45, 7) is 0. The molecule has 1 aromatic rings. The summed E-state index contributed by atoms with van der Waals surface area (Å²) in [6.07, 6.45) is 5.16. The topological polar surface area (TPSA) is 44.5 Å². The molecule has 11 heavy (non-hydrogen) atoms. The Morgan fingerprint density at radius 2 is 2.27 bits per heavy atom. The fourth-order valence-electron chi connectivity index (χ4n) is 1.37. The zero-order chi connectivity index (χ0) is 7.68. The Kier molecular flexibility index (Phi) is 1.77. The molecule has 0 atom stereocenters. The van der Waals surface area contributed by atoms with Gasteiger partial charge in [-0.1, -0.05) is 19.3 Å². The summed E-state index contributed by atoms with van der Waals surface area (Å²) in [7, 11) is 0. The van der Waals surface area contributed by atoms with E-state index in [0.29, 0.717) is 4.77 Å². The van der Waals surface area contributed by atoms with Crippen LogP contribution in [0.3, 0.4) is 0 Å². The van der Waals surface area contributed by atoms with E-state index >= 15 is 0 Å². The van der Waals surface area contributed by atoms with E-state index in [0.717, 1.165) is 18.2 Å². The molecule has 0 aliphatic heterocycles. The van der Waals surface area contributed by atoms with Crippen LogP contribution in [0.1, 0.15) is 25.1 Å². The first-order chi connectivity index (χ1) is 5.34. The van der Waals surface area contributed by atoms with Crippen molar-refractivity contribution in [2.75, 3.05) is 0 Å². The van der Waals surface area contributed by atoms with Gasteiger partial charge in [0.05, 0.1) is 0 Å². The van der Waals surface area contributed by atoms with Gasteiger partial charge in [0.1, 0.15) is 5.82 Å². The van der Waals surface area contributed by atoms with Crippen LogP contribution in [0.4, 0.5) is 0 Å². The molecule has 0 saturated heterocycles. The maximum Gasteiger partial charge on any atom is 0.213 e. The number of aromatic nitrogens is 3. The Bertz CT molecular complexity index is 284. The van der Waals surface area contributed by atoms with Gasteiger partial charge in [-0.25, -0.2) is 4.98 Å². The number of aromatic amines is 2. The number of nitrogens with one attached hydrogen (secondary N) is 2. The smallest absolute Gasteiger partial charge is 0.213 e. The molecule has 1 aliphatic rings. The molecule has 2 rings (SSSR count). The molecule has 3 nitrogen and oxygen atoms in total. The molecule has 1 fully saturated rings. The number of hydrogen-bond donors (Lipinski definition) is 2. The van der Waals surface area contributed by atoms with Gasteiger partial charge in [0, 0.05) is 6.42 Å². The van der Waals surface area contributed by atoms with Crippen LogP contribution >= 0.6 is 12.2 Å². The minimum Gasteiger partial charge on any atom is -0.286 e. The third-order valence-corrected chi connectivity index (χ3v) is 2.45. The van der Waals surface area contributed by atoms with Crippen molar-refractivity contribution in [1.29, 1.82) is 0 Å². The lowest BCUT2D eigenvalue weighted by molar-refractivity contribution is 0.309. The third kappa shape index (κ3) is 1.50. The van der Waals surface area contributed by atoms with E-state index in [-0.39, 0.29) is 0 Å². The molecule has 2 N–H and O–H groups in total. The summed E-state index contributed by atoms with van der Waals surface area (Å²) >= 11 is 4.84. The Balaban J connectivity index is 2.00. The van der Waals surface area contributed by atoms with Crippen molar-refractivity contribution in [3.63, 3.8) is 0 Å². The van der Waals surface area contributed by atoms with E-state index in [1.165, 1.54) is 19.3 Å². The van der Waals surface area contributed by atoms with E-state index < -0.39 is 0 Å². The molecular weight excluding hydrogens is 158 g/mol. The highest BCUT2D eigenvalue weighted by Crippen LogP contribution is 2.28. The van der Waals surface area contributed by atoms with Crippen LogP contribution in [0, 0.1) is 10.7 Å². The van der Waals surface area contributed by atoms with Crippen molar-refractivity contribution in [1.82, 2.24) is 15.2 Å². The normalized spacial score (nSPS) is 18.2. The van der Waals surface area contributed by atoms with Gasteiger partial charge in [-0.2, -0.15) is 0 Å². The van der Waals surface area contributed by atoms with Crippen molar-refractivity contribution in [2.45, 2.75) is 25.7 Å². The Morgan fingerprint density at radius 3 is 2.73 bits per heavy atom. The fourth-order valence-corrected chi connectivity index (χ4v) is 1.53. The fraction of sp³-hybridized carbons (Fsp3) is 0.714. The van der Waals surface area contributed by atoms with Gasteiger partial charge in [0.15, 0.2) is 0 Å². The molecular formula is C7H11N3S. The molecule has 1 aliphatic carbocycles. The number of H-pyrrole nitrogens is 2. The van der Waals surface area contributed by atoms with E-state index in [9.17, 15) is 0 Å². The second kappa shape index (κ2) is 2.77. The van der Waals surface area contributed by atoms with Gasteiger partial charge < -0.3 is 0 Å². The van der Waals surface area contributed by atoms with Crippen LogP contribution in [-0.4, -0.2) is 15.2 Å². The summed E-state index contributed by atoms with van der Waals surface area (Å²) in [4.78, 5) is 4.14. The number of rotatable bonds is 2. The van der Waals surface area contributed by atoms with Crippen molar-refractivity contribution in [3.8, 4) is 0 Å². The molecule has 0 spiro atoms. The maximum atomic E-state index is 4.84. The first-order valence-corrected chi connectivity index (χ1v) is 4.39. The van der Waals surface area contributed by atoms with Crippen LogP contribution in [0.5, 0.6) is 0 Å². The predicted molar refractivity (Wildman–Crippen MR) is 44.8 cm³/mol. The van der Waals surface area contributed by atoms with Crippen molar-refractivity contribution >= 4 is 12.2 Å². The maximum absolute atomic E-state index is 4.84. The average molecular weight is 169 g/mol. The van der Waals surface area contributed by atoms with E-state index in [1.54, 1.807) is 0 Å². The Labute approximate surface area is 70.2 Å². The summed E-state index contributed by atoms with van der Waals surface area (Å²) in [5, 5.41) is 5.77. The van der Waals surface area contributed by atoms with Crippen LogP contribution in [0.25, 0.3) is 0 Å². The summed E-state index contributed by atoms with van der Waals surface area (Å²) < 4.78 is 0.569. The minimum atomic E-state index is 0.569. The third-order valence-electron chi connectivity index (χ3n) is 2.26. The predicted octanol–water partition coefficient (Wildman–Crippen LogP) is 1.81. The van der Waals surface area contributed by atoms with Crippen LogP contribution in [0.2, 0.25) is 0 Å². The molecule has 4 heteroatoms. The molecule has 1 heterocycles. The lowest BCUT2D eigenvalue weighted by Gasteiger charge is -2.23. The van der Waals surface area contributed by atoms with Crippen LogP contribution < -0.4 is 0 Å².